The molecule has 1 aromatic heterocycles. The van der Waals surface area contributed by atoms with Crippen molar-refractivity contribution in [2.24, 2.45) is 16.1 Å². The van der Waals surface area contributed by atoms with E-state index in [-0.39, 0.29) is 0 Å². The molecular formula is C15H24N4. The molecule has 0 saturated heterocycles. The van der Waals surface area contributed by atoms with E-state index in [9.17, 15) is 0 Å². The fourth-order valence-corrected chi connectivity index (χ4v) is 2.47. The number of guanidine groups is 1. The lowest BCUT2D eigenvalue weighted by Crippen LogP contribution is -2.37. The third kappa shape index (κ3) is 3.94. The van der Waals surface area contributed by atoms with Gasteiger partial charge in [0, 0.05) is 31.4 Å². The van der Waals surface area contributed by atoms with Crippen molar-refractivity contribution >= 4 is 5.96 Å². The molecule has 4 nitrogen and oxygen atoms in total. The summed E-state index contributed by atoms with van der Waals surface area (Å²) in [5.41, 5.74) is 7.41. The number of aliphatic imine (C=N–C) groups is 1. The molecule has 1 heterocycles. The van der Waals surface area contributed by atoms with Gasteiger partial charge < -0.3 is 11.1 Å². The number of hydrogen-bond donors (Lipinski definition) is 2. The average Bonchev–Trinajstić information content (AvgIpc) is 2.39. The number of hydrogen-bond acceptors (Lipinski definition) is 2. The quantitative estimate of drug-likeness (QED) is 0.608. The third-order valence-electron chi connectivity index (χ3n) is 4.16. The molecule has 3 N–H and O–H groups in total. The highest BCUT2D eigenvalue weighted by molar-refractivity contribution is 5.77. The second kappa shape index (κ2) is 6.55. The van der Waals surface area contributed by atoms with Gasteiger partial charge in [-0.1, -0.05) is 19.4 Å². The van der Waals surface area contributed by atoms with Crippen LogP contribution in [-0.2, 0) is 6.42 Å². The molecule has 1 aliphatic carbocycles. The summed E-state index contributed by atoms with van der Waals surface area (Å²) in [7, 11) is 0. The summed E-state index contributed by atoms with van der Waals surface area (Å²) >= 11 is 0. The molecule has 0 radical (unpaired) electrons. The zero-order chi connectivity index (χ0) is 13.6. The first-order chi connectivity index (χ1) is 9.24. The molecule has 2 rings (SSSR count). The molecule has 1 fully saturated rings. The maximum atomic E-state index is 5.90. The Labute approximate surface area is 115 Å². The van der Waals surface area contributed by atoms with Gasteiger partial charge in [0.15, 0.2) is 5.96 Å². The van der Waals surface area contributed by atoms with Crippen LogP contribution in [0.4, 0.5) is 0 Å². The standard InChI is InChI=1S/C15H24N4/c1-2-15(8-5-9-15)12-19-14(16)18-11-7-13-6-3-4-10-17-13/h3-4,6,10H,2,5,7-9,11-12H2,1H3,(H3,16,18,19). The fraction of sp³-hybridized carbons (Fsp3) is 0.600. The number of nitrogens with zero attached hydrogens (tertiary/aromatic N) is 2. The van der Waals surface area contributed by atoms with Crippen LogP contribution in [0.15, 0.2) is 29.4 Å². The van der Waals surface area contributed by atoms with Gasteiger partial charge in [-0.25, -0.2) is 0 Å². The Kier molecular flexibility index (Phi) is 4.77. The largest absolute Gasteiger partial charge is 0.370 e. The molecule has 0 bridgehead atoms. The second-order valence-corrected chi connectivity index (χ2v) is 5.41. The van der Waals surface area contributed by atoms with Gasteiger partial charge in [0.25, 0.3) is 0 Å². The molecule has 1 saturated carbocycles. The predicted molar refractivity (Wildman–Crippen MR) is 79.0 cm³/mol. The van der Waals surface area contributed by atoms with Crippen molar-refractivity contribution in [2.45, 2.75) is 39.0 Å². The van der Waals surface area contributed by atoms with E-state index in [1.807, 2.05) is 24.4 Å². The lowest BCUT2D eigenvalue weighted by Gasteiger charge is -2.40. The minimum atomic E-state index is 0.438. The summed E-state index contributed by atoms with van der Waals surface area (Å²) in [6.45, 7) is 3.90. The smallest absolute Gasteiger partial charge is 0.188 e. The van der Waals surface area contributed by atoms with Gasteiger partial charge in [-0.15, -0.1) is 0 Å². The molecule has 0 amide bonds. The van der Waals surface area contributed by atoms with E-state index in [1.54, 1.807) is 0 Å². The van der Waals surface area contributed by atoms with Gasteiger partial charge in [-0.2, -0.15) is 0 Å². The summed E-state index contributed by atoms with van der Waals surface area (Å²) in [5.74, 6) is 0.565. The van der Waals surface area contributed by atoms with Crippen LogP contribution in [0, 0.1) is 5.41 Å². The summed E-state index contributed by atoms with van der Waals surface area (Å²) < 4.78 is 0. The van der Waals surface area contributed by atoms with Crippen molar-refractivity contribution in [2.75, 3.05) is 13.1 Å². The van der Waals surface area contributed by atoms with Crippen molar-refractivity contribution < 1.29 is 0 Å². The molecule has 19 heavy (non-hydrogen) atoms. The van der Waals surface area contributed by atoms with Gasteiger partial charge in [0.2, 0.25) is 0 Å². The van der Waals surface area contributed by atoms with Crippen molar-refractivity contribution in [3.63, 3.8) is 0 Å². The van der Waals surface area contributed by atoms with E-state index in [1.165, 1.54) is 25.7 Å². The minimum Gasteiger partial charge on any atom is -0.370 e. The summed E-state index contributed by atoms with van der Waals surface area (Å²) in [6, 6.07) is 5.95. The Morgan fingerprint density at radius 3 is 2.89 bits per heavy atom. The first kappa shape index (κ1) is 13.8. The fourth-order valence-electron chi connectivity index (χ4n) is 2.47. The number of nitrogens with one attached hydrogen (secondary N) is 1. The minimum absolute atomic E-state index is 0.438. The van der Waals surface area contributed by atoms with E-state index < -0.39 is 0 Å². The lowest BCUT2D eigenvalue weighted by atomic mass is 9.67. The summed E-state index contributed by atoms with van der Waals surface area (Å²) in [4.78, 5) is 8.76. The Balaban J connectivity index is 1.70. The maximum Gasteiger partial charge on any atom is 0.188 e. The lowest BCUT2D eigenvalue weighted by molar-refractivity contribution is 0.139. The predicted octanol–water partition coefficient (Wildman–Crippen LogP) is 2.11. The van der Waals surface area contributed by atoms with Crippen molar-refractivity contribution in [1.82, 2.24) is 10.3 Å². The molecule has 1 aromatic rings. The van der Waals surface area contributed by atoms with Crippen molar-refractivity contribution in [1.29, 1.82) is 0 Å². The third-order valence-corrected chi connectivity index (χ3v) is 4.16. The zero-order valence-corrected chi connectivity index (χ0v) is 11.7. The van der Waals surface area contributed by atoms with Crippen LogP contribution in [0.25, 0.3) is 0 Å². The molecule has 4 heteroatoms. The Hall–Kier alpha value is -1.58. The number of rotatable bonds is 6. The van der Waals surface area contributed by atoms with E-state index in [4.69, 9.17) is 5.73 Å². The number of aromatic nitrogens is 1. The van der Waals surface area contributed by atoms with Crippen LogP contribution in [0.3, 0.4) is 0 Å². The molecule has 0 unspecified atom stereocenters. The average molecular weight is 260 g/mol. The van der Waals surface area contributed by atoms with Gasteiger partial charge in [0.05, 0.1) is 0 Å². The van der Waals surface area contributed by atoms with E-state index in [0.717, 1.165) is 25.2 Å². The van der Waals surface area contributed by atoms with E-state index in [0.29, 0.717) is 11.4 Å². The molecule has 1 aliphatic rings. The summed E-state index contributed by atoms with van der Waals surface area (Å²) in [6.07, 6.45) is 7.83. The molecule has 0 aliphatic heterocycles. The molecule has 0 atom stereocenters. The highest BCUT2D eigenvalue weighted by atomic mass is 15.1. The SMILES string of the molecule is CCC1(CN=C(N)NCCc2ccccn2)CCC1. The number of nitrogens with two attached hydrogens (primary N) is 1. The topological polar surface area (TPSA) is 63.3 Å². The Bertz CT molecular complexity index is 404. The van der Waals surface area contributed by atoms with Crippen molar-refractivity contribution in [3.8, 4) is 0 Å². The molecule has 0 spiro atoms. The monoisotopic (exact) mass is 260 g/mol. The van der Waals surface area contributed by atoms with Crippen LogP contribution < -0.4 is 11.1 Å². The van der Waals surface area contributed by atoms with Gasteiger partial charge in [-0.3, -0.25) is 9.98 Å². The highest BCUT2D eigenvalue weighted by Gasteiger charge is 2.34. The zero-order valence-electron chi connectivity index (χ0n) is 11.7. The molecule has 104 valence electrons. The van der Waals surface area contributed by atoms with E-state index in [2.05, 4.69) is 22.2 Å². The first-order valence-electron chi connectivity index (χ1n) is 7.18. The normalized spacial score (nSPS) is 17.8. The number of pyridine rings is 1. The van der Waals surface area contributed by atoms with Gasteiger partial charge in [0.1, 0.15) is 0 Å². The van der Waals surface area contributed by atoms with E-state index >= 15 is 0 Å². The van der Waals surface area contributed by atoms with Crippen LogP contribution in [0.5, 0.6) is 0 Å². The Morgan fingerprint density at radius 1 is 1.47 bits per heavy atom. The molecular weight excluding hydrogens is 236 g/mol. The second-order valence-electron chi connectivity index (χ2n) is 5.41. The van der Waals surface area contributed by atoms with Gasteiger partial charge >= 0.3 is 0 Å². The Morgan fingerprint density at radius 2 is 2.32 bits per heavy atom. The van der Waals surface area contributed by atoms with Crippen LogP contribution in [0.2, 0.25) is 0 Å². The van der Waals surface area contributed by atoms with Crippen LogP contribution in [-0.4, -0.2) is 24.0 Å². The maximum absolute atomic E-state index is 5.90. The van der Waals surface area contributed by atoms with Gasteiger partial charge in [-0.05, 0) is 36.8 Å². The van der Waals surface area contributed by atoms with Crippen molar-refractivity contribution in [3.05, 3.63) is 30.1 Å². The highest BCUT2D eigenvalue weighted by Crippen LogP contribution is 2.43. The van der Waals surface area contributed by atoms with Crippen LogP contribution >= 0.6 is 0 Å². The molecule has 0 aromatic carbocycles. The van der Waals surface area contributed by atoms with Crippen LogP contribution in [0.1, 0.15) is 38.3 Å². The first-order valence-corrected chi connectivity index (χ1v) is 7.18. The summed E-state index contributed by atoms with van der Waals surface area (Å²) in [5, 5.41) is 3.16.